The van der Waals surface area contributed by atoms with Gasteiger partial charge in [0, 0.05) is 0 Å². The van der Waals surface area contributed by atoms with Gasteiger partial charge in [0.15, 0.2) is 0 Å². The van der Waals surface area contributed by atoms with Gasteiger partial charge in [-0.15, -0.1) is 0 Å². The van der Waals surface area contributed by atoms with Crippen LogP contribution in [0.1, 0.15) is 11.5 Å². The molecule has 98 valence electrons. The quantitative estimate of drug-likeness (QED) is 0.898. The van der Waals surface area contributed by atoms with Crippen molar-refractivity contribution in [3.05, 3.63) is 66.0 Å². The number of hydrogen-bond acceptors (Lipinski definition) is 2. The molecule has 0 bridgehead atoms. The first-order valence-electron chi connectivity index (χ1n) is 5.83. The molecule has 0 amide bonds. The van der Waals surface area contributed by atoms with E-state index in [1.807, 2.05) is 6.07 Å². The standard InChI is InChI=1S/C15H13FO3/c16-12-6-8-13(9-7-12)19-10-14(15(17)18)11-4-2-1-3-5-11/h1-9,14H,10H2,(H,17,18). The molecule has 0 aliphatic rings. The molecule has 0 saturated heterocycles. The van der Waals surface area contributed by atoms with Crippen molar-refractivity contribution < 1.29 is 19.0 Å². The van der Waals surface area contributed by atoms with Crippen LogP contribution in [0.5, 0.6) is 5.75 Å². The van der Waals surface area contributed by atoms with Gasteiger partial charge in [-0.3, -0.25) is 4.79 Å². The summed E-state index contributed by atoms with van der Waals surface area (Å²) in [4.78, 5) is 11.2. The second-order valence-corrected chi connectivity index (χ2v) is 4.07. The number of ether oxygens (including phenoxy) is 1. The maximum absolute atomic E-state index is 12.7. The monoisotopic (exact) mass is 260 g/mol. The summed E-state index contributed by atoms with van der Waals surface area (Å²) in [5, 5.41) is 9.21. The van der Waals surface area contributed by atoms with E-state index in [1.165, 1.54) is 24.3 Å². The molecule has 0 saturated carbocycles. The summed E-state index contributed by atoms with van der Waals surface area (Å²) in [7, 11) is 0. The van der Waals surface area contributed by atoms with Crippen LogP contribution in [-0.2, 0) is 4.79 Å². The highest BCUT2D eigenvalue weighted by Gasteiger charge is 2.20. The van der Waals surface area contributed by atoms with E-state index in [0.29, 0.717) is 11.3 Å². The lowest BCUT2D eigenvalue weighted by Gasteiger charge is -2.14. The molecule has 0 aliphatic carbocycles. The SMILES string of the molecule is O=C(O)C(COc1ccc(F)cc1)c1ccccc1. The zero-order valence-electron chi connectivity index (χ0n) is 10.1. The number of benzene rings is 2. The number of carboxylic acids is 1. The number of halogens is 1. The zero-order chi connectivity index (χ0) is 13.7. The predicted molar refractivity (Wildman–Crippen MR) is 68.7 cm³/mol. The Morgan fingerprint density at radius 1 is 1.11 bits per heavy atom. The minimum absolute atomic E-state index is 0.00494. The van der Waals surface area contributed by atoms with Gasteiger partial charge in [-0.25, -0.2) is 4.39 Å². The highest BCUT2D eigenvalue weighted by Crippen LogP contribution is 2.19. The predicted octanol–water partition coefficient (Wildman–Crippen LogP) is 3.07. The molecule has 0 aliphatic heterocycles. The second-order valence-electron chi connectivity index (χ2n) is 4.07. The molecule has 2 aromatic rings. The number of carbonyl (C=O) groups is 1. The van der Waals surface area contributed by atoms with E-state index in [9.17, 15) is 14.3 Å². The fraction of sp³-hybridized carbons (Fsp3) is 0.133. The Labute approximate surface area is 110 Å². The van der Waals surface area contributed by atoms with E-state index in [0.717, 1.165) is 0 Å². The number of hydrogen-bond donors (Lipinski definition) is 1. The van der Waals surface area contributed by atoms with Crippen molar-refractivity contribution >= 4 is 5.97 Å². The molecule has 19 heavy (non-hydrogen) atoms. The second kappa shape index (κ2) is 6.00. The van der Waals surface area contributed by atoms with Crippen molar-refractivity contribution in [2.45, 2.75) is 5.92 Å². The normalized spacial score (nSPS) is 11.8. The molecule has 2 rings (SSSR count). The molecular weight excluding hydrogens is 247 g/mol. The van der Waals surface area contributed by atoms with E-state index in [4.69, 9.17) is 4.74 Å². The lowest BCUT2D eigenvalue weighted by molar-refractivity contribution is -0.139. The van der Waals surface area contributed by atoms with Gasteiger partial charge in [0.1, 0.15) is 24.1 Å². The van der Waals surface area contributed by atoms with Crippen LogP contribution in [-0.4, -0.2) is 17.7 Å². The van der Waals surface area contributed by atoms with Crippen LogP contribution in [0.25, 0.3) is 0 Å². The molecule has 0 fully saturated rings. The van der Waals surface area contributed by atoms with Crippen molar-refractivity contribution in [3.63, 3.8) is 0 Å². The highest BCUT2D eigenvalue weighted by molar-refractivity contribution is 5.76. The Morgan fingerprint density at radius 2 is 1.74 bits per heavy atom. The molecule has 1 N–H and O–H groups in total. The van der Waals surface area contributed by atoms with E-state index >= 15 is 0 Å². The summed E-state index contributed by atoms with van der Waals surface area (Å²) in [5.74, 6) is -1.60. The summed E-state index contributed by atoms with van der Waals surface area (Å²) in [6, 6.07) is 14.4. The maximum Gasteiger partial charge on any atom is 0.314 e. The topological polar surface area (TPSA) is 46.5 Å². The summed E-state index contributed by atoms with van der Waals surface area (Å²) < 4.78 is 18.1. The van der Waals surface area contributed by atoms with Gasteiger partial charge in [0.2, 0.25) is 0 Å². The molecule has 0 heterocycles. The van der Waals surface area contributed by atoms with E-state index in [1.54, 1.807) is 24.3 Å². The third-order valence-electron chi connectivity index (χ3n) is 2.73. The molecule has 1 unspecified atom stereocenters. The number of carboxylic acid groups (broad SMARTS) is 1. The van der Waals surface area contributed by atoms with Crippen LogP contribution in [0, 0.1) is 5.82 Å². The van der Waals surface area contributed by atoms with Gasteiger partial charge in [-0.05, 0) is 29.8 Å². The van der Waals surface area contributed by atoms with Crippen LogP contribution >= 0.6 is 0 Å². The minimum Gasteiger partial charge on any atom is -0.492 e. The minimum atomic E-state index is -0.951. The Bertz CT molecular complexity index is 537. The van der Waals surface area contributed by atoms with E-state index < -0.39 is 11.9 Å². The lowest BCUT2D eigenvalue weighted by Crippen LogP contribution is -2.19. The first-order chi connectivity index (χ1) is 9.16. The number of aliphatic carboxylic acids is 1. The average molecular weight is 260 g/mol. The summed E-state index contributed by atoms with van der Waals surface area (Å²) in [6.07, 6.45) is 0. The summed E-state index contributed by atoms with van der Waals surface area (Å²) in [5.41, 5.74) is 0.678. The van der Waals surface area contributed by atoms with Gasteiger partial charge in [0.05, 0.1) is 0 Å². The van der Waals surface area contributed by atoms with Crippen molar-refractivity contribution in [1.29, 1.82) is 0 Å². The Morgan fingerprint density at radius 3 is 2.32 bits per heavy atom. The molecule has 0 spiro atoms. The van der Waals surface area contributed by atoms with Gasteiger partial charge < -0.3 is 9.84 Å². The molecule has 2 aromatic carbocycles. The third kappa shape index (κ3) is 3.55. The van der Waals surface area contributed by atoms with Crippen LogP contribution in [0.2, 0.25) is 0 Å². The maximum atomic E-state index is 12.7. The van der Waals surface area contributed by atoms with E-state index in [2.05, 4.69) is 0 Å². The van der Waals surface area contributed by atoms with Crippen LogP contribution in [0.4, 0.5) is 4.39 Å². The van der Waals surface area contributed by atoms with Gasteiger partial charge in [-0.1, -0.05) is 30.3 Å². The Balaban J connectivity index is 2.06. The molecular formula is C15H13FO3. The van der Waals surface area contributed by atoms with Gasteiger partial charge in [-0.2, -0.15) is 0 Å². The third-order valence-corrected chi connectivity index (χ3v) is 2.73. The van der Waals surface area contributed by atoms with Crippen molar-refractivity contribution in [2.75, 3.05) is 6.61 Å². The molecule has 0 aromatic heterocycles. The smallest absolute Gasteiger partial charge is 0.314 e. The summed E-state index contributed by atoms with van der Waals surface area (Å²) in [6.45, 7) is 0.00494. The highest BCUT2D eigenvalue weighted by atomic mass is 19.1. The van der Waals surface area contributed by atoms with Gasteiger partial charge >= 0.3 is 5.97 Å². The molecule has 1 atom stereocenters. The largest absolute Gasteiger partial charge is 0.492 e. The van der Waals surface area contributed by atoms with Gasteiger partial charge in [0.25, 0.3) is 0 Å². The van der Waals surface area contributed by atoms with Crippen LogP contribution in [0.3, 0.4) is 0 Å². The first kappa shape index (κ1) is 13.1. The van der Waals surface area contributed by atoms with Crippen molar-refractivity contribution in [3.8, 4) is 5.75 Å². The molecule has 4 heteroatoms. The zero-order valence-corrected chi connectivity index (χ0v) is 10.1. The summed E-state index contributed by atoms with van der Waals surface area (Å²) >= 11 is 0. The van der Waals surface area contributed by atoms with Crippen LogP contribution in [0.15, 0.2) is 54.6 Å². The lowest BCUT2D eigenvalue weighted by atomic mass is 10.0. The average Bonchev–Trinajstić information content (AvgIpc) is 2.42. The number of rotatable bonds is 5. The molecule has 0 radical (unpaired) electrons. The van der Waals surface area contributed by atoms with E-state index in [-0.39, 0.29) is 12.4 Å². The van der Waals surface area contributed by atoms with Crippen molar-refractivity contribution in [1.82, 2.24) is 0 Å². The fourth-order valence-electron chi connectivity index (χ4n) is 1.71. The first-order valence-corrected chi connectivity index (χ1v) is 5.83. The van der Waals surface area contributed by atoms with Crippen LogP contribution < -0.4 is 4.74 Å². The molecule has 3 nitrogen and oxygen atoms in total. The Kier molecular flexibility index (Phi) is 4.13. The van der Waals surface area contributed by atoms with Crippen molar-refractivity contribution in [2.24, 2.45) is 0 Å². The fourth-order valence-corrected chi connectivity index (χ4v) is 1.71. The Hall–Kier alpha value is -2.36.